The summed E-state index contributed by atoms with van der Waals surface area (Å²) in [7, 11) is -3.39. The molecular formula is C13H17N7O2S2. The van der Waals surface area contributed by atoms with Crippen LogP contribution in [0.4, 0.5) is 5.69 Å². The van der Waals surface area contributed by atoms with Crippen molar-refractivity contribution in [2.75, 3.05) is 11.0 Å². The minimum atomic E-state index is -3.39. The fourth-order valence-electron chi connectivity index (χ4n) is 2.11. The van der Waals surface area contributed by atoms with Gasteiger partial charge in [0.25, 0.3) is 0 Å². The Hall–Kier alpha value is -2.34. The summed E-state index contributed by atoms with van der Waals surface area (Å²) in [4.78, 5) is 4.17. The summed E-state index contributed by atoms with van der Waals surface area (Å²) in [5, 5.41) is 9.88. The molecule has 2 aromatic rings. The highest BCUT2D eigenvalue weighted by Gasteiger charge is 2.16. The maximum absolute atomic E-state index is 11.4. The van der Waals surface area contributed by atoms with Crippen LogP contribution in [-0.2, 0) is 10.0 Å². The number of nitrogens with one attached hydrogen (secondary N) is 2. The molecule has 0 aliphatic carbocycles. The second-order valence-corrected chi connectivity index (χ2v) is 7.11. The third-order valence-corrected chi connectivity index (χ3v) is 4.09. The Morgan fingerprint density at radius 3 is 2.71 bits per heavy atom. The number of anilines is 1. The SMILES string of the molecule is CS(=O)(=O)Nc1cccc(-c2ccnc(SN)c2/C(N)=N/NN)c1. The second-order valence-electron chi connectivity index (χ2n) is 4.74. The van der Waals surface area contributed by atoms with Gasteiger partial charge in [0.1, 0.15) is 5.03 Å². The third kappa shape index (κ3) is 4.35. The number of nitrogens with zero attached hydrogens (tertiary/aromatic N) is 2. The lowest BCUT2D eigenvalue weighted by Crippen LogP contribution is -2.24. The number of pyridine rings is 1. The van der Waals surface area contributed by atoms with Crippen molar-refractivity contribution in [3.8, 4) is 11.1 Å². The zero-order valence-electron chi connectivity index (χ0n) is 12.7. The first-order valence-corrected chi connectivity index (χ1v) is 9.36. The molecule has 8 N–H and O–H groups in total. The van der Waals surface area contributed by atoms with E-state index in [1.165, 1.54) is 0 Å². The summed E-state index contributed by atoms with van der Waals surface area (Å²) in [5.41, 5.74) is 10.4. The molecule has 0 amide bonds. The number of rotatable bonds is 6. The highest BCUT2D eigenvalue weighted by molar-refractivity contribution is 7.97. The highest BCUT2D eigenvalue weighted by Crippen LogP contribution is 2.30. The lowest BCUT2D eigenvalue weighted by Gasteiger charge is -2.13. The van der Waals surface area contributed by atoms with Gasteiger partial charge in [-0.15, -0.1) is 5.10 Å². The average molecular weight is 367 g/mol. The maximum Gasteiger partial charge on any atom is 0.229 e. The van der Waals surface area contributed by atoms with Crippen molar-refractivity contribution in [1.82, 2.24) is 10.5 Å². The van der Waals surface area contributed by atoms with Gasteiger partial charge in [-0.1, -0.05) is 12.1 Å². The third-order valence-electron chi connectivity index (χ3n) is 2.95. The Morgan fingerprint density at radius 1 is 1.33 bits per heavy atom. The molecule has 128 valence electrons. The lowest BCUT2D eigenvalue weighted by molar-refractivity contribution is 0.607. The molecule has 0 saturated heterocycles. The summed E-state index contributed by atoms with van der Waals surface area (Å²) < 4.78 is 25.2. The monoisotopic (exact) mass is 367 g/mol. The largest absolute Gasteiger partial charge is 0.382 e. The normalized spacial score (nSPS) is 12.0. The molecule has 0 aliphatic heterocycles. The van der Waals surface area contributed by atoms with E-state index in [0.717, 1.165) is 18.2 Å². The number of amidine groups is 1. The van der Waals surface area contributed by atoms with Gasteiger partial charge in [-0.05, 0) is 41.3 Å². The molecule has 1 aromatic carbocycles. The van der Waals surface area contributed by atoms with Crippen molar-refractivity contribution in [2.24, 2.45) is 21.8 Å². The van der Waals surface area contributed by atoms with E-state index in [-0.39, 0.29) is 5.84 Å². The summed E-state index contributed by atoms with van der Waals surface area (Å²) in [6.45, 7) is 0. The molecule has 24 heavy (non-hydrogen) atoms. The molecular weight excluding hydrogens is 350 g/mol. The zero-order valence-corrected chi connectivity index (χ0v) is 14.4. The summed E-state index contributed by atoms with van der Waals surface area (Å²) in [5.74, 6) is 5.29. The molecule has 0 bridgehead atoms. The smallest absolute Gasteiger partial charge is 0.229 e. The molecule has 0 unspecified atom stereocenters. The zero-order chi connectivity index (χ0) is 17.7. The molecule has 9 nitrogen and oxygen atoms in total. The van der Waals surface area contributed by atoms with E-state index in [2.05, 4.69) is 20.3 Å². The minimum absolute atomic E-state index is 0.107. The second kappa shape index (κ2) is 7.49. The molecule has 1 aromatic heterocycles. The molecule has 2 rings (SSSR count). The molecule has 0 spiro atoms. The van der Waals surface area contributed by atoms with Crippen LogP contribution in [0.2, 0.25) is 0 Å². The Balaban J connectivity index is 2.61. The number of hydrogen-bond acceptors (Lipinski definition) is 8. The van der Waals surface area contributed by atoms with Crippen LogP contribution in [0.15, 0.2) is 46.7 Å². The van der Waals surface area contributed by atoms with Crippen LogP contribution >= 0.6 is 11.9 Å². The number of hydrogen-bond donors (Lipinski definition) is 5. The molecule has 1 heterocycles. The van der Waals surface area contributed by atoms with Crippen LogP contribution < -0.4 is 27.0 Å². The number of benzene rings is 1. The van der Waals surface area contributed by atoms with Gasteiger partial charge >= 0.3 is 0 Å². The Bertz CT molecular complexity index is 868. The molecule has 0 fully saturated rings. The molecule has 0 atom stereocenters. The fourth-order valence-corrected chi connectivity index (χ4v) is 3.12. The van der Waals surface area contributed by atoms with E-state index in [0.29, 0.717) is 27.4 Å². The first-order valence-electron chi connectivity index (χ1n) is 6.59. The number of sulfonamides is 1. The number of hydrazine groups is 1. The van der Waals surface area contributed by atoms with E-state index in [9.17, 15) is 8.42 Å². The summed E-state index contributed by atoms with van der Waals surface area (Å²) >= 11 is 0.921. The van der Waals surface area contributed by atoms with Crippen LogP contribution in [0, 0.1) is 0 Å². The van der Waals surface area contributed by atoms with Gasteiger partial charge in [-0.3, -0.25) is 9.86 Å². The number of nitrogens with two attached hydrogens (primary N) is 3. The van der Waals surface area contributed by atoms with Crippen LogP contribution in [-0.4, -0.2) is 25.5 Å². The van der Waals surface area contributed by atoms with Gasteiger partial charge in [0.2, 0.25) is 10.0 Å². The number of aromatic nitrogens is 1. The molecule has 11 heteroatoms. The van der Waals surface area contributed by atoms with Crippen molar-refractivity contribution < 1.29 is 8.42 Å². The summed E-state index contributed by atoms with van der Waals surface area (Å²) in [6, 6.07) is 8.57. The minimum Gasteiger partial charge on any atom is -0.382 e. The Morgan fingerprint density at radius 2 is 2.08 bits per heavy atom. The van der Waals surface area contributed by atoms with Crippen LogP contribution in [0.5, 0.6) is 0 Å². The van der Waals surface area contributed by atoms with E-state index in [1.807, 2.05) is 0 Å². The fraction of sp³-hybridized carbons (Fsp3) is 0.0769. The number of hydrazone groups is 1. The van der Waals surface area contributed by atoms with Crippen molar-refractivity contribution >= 4 is 33.5 Å². The topological polar surface area (TPSA) is 162 Å². The summed E-state index contributed by atoms with van der Waals surface area (Å²) in [6.07, 6.45) is 2.66. The predicted molar refractivity (Wildman–Crippen MR) is 96.2 cm³/mol. The van der Waals surface area contributed by atoms with Gasteiger partial charge in [-0.2, -0.15) is 0 Å². The first kappa shape index (κ1) is 18.0. The Kier molecular flexibility index (Phi) is 5.62. The molecule has 0 saturated carbocycles. The van der Waals surface area contributed by atoms with Crippen molar-refractivity contribution in [3.63, 3.8) is 0 Å². The standard InChI is InChI=1S/C13H17N7O2S2/c1-24(21,22)19-9-4-2-3-8(7-9)10-5-6-17-13(23-16)11(10)12(14)18-20-15/h2-7,19-20H,15-16H2,1H3,(H2,14,18). The van der Waals surface area contributed by atoms with Gasteiger partial charge in [0.15, 0.2) is 5.84 Å². The lowest BCUT2D eigenvalue weighted by atomic mass is 10.0. The van der Waals surface area contributed by atoms with E-state index in [4.69, 9.17) is 16.7 Å². The Labute approximate surface area is 143 Å². The predicted octanol–water partition coefficient (Wildman–Crippen LogP) is 0.170. The van der Waals surface area contributed by atoms with E-state index in [1.54, 1.807) is 36.5 Å². The van der Waals surface area contributed by atoms with Crippen molar-refractivity contribution in [3.05, 3.63) is 42.1 Å². The van der Waals surface area contributed by atoms with Gasteiger partial charge < -0.3 is 5.73 Å². The highest BCUT2D eigenvalue weighted by atomic mass is 32.2. The van der Waals surface area contributed by atoms with Crippen LogP contribution in [0.3, 0.4) is 0 Å². The average Bonchev–Trinajstić information content (AvgIpc) is 2.53. The van der Waals surface area contributed by atoms with Crippen molar-refractivity contribution in [2.45, 2.75) is 5.03 Å². The van der Waals surface area contributed by atoms with Crippen molar-refractivity contribution in [1.29, 1.82) is 0 Å². The first-order chi connectivity index (χ1) is 11.4. The van der Waals surface area contributed by atoms with E-state index < -0.39 is 10.0 Å². The maximum atomic E-state index is 11.4. The van der Waals surface area contributed by atoms with Gasteiger partial charge in [-0.25, -0.2) is 24.8 Å². The van der Waals surface area contributed by atoms with Gasteiger partial charge in [0, 0.05) is 11.9 Å². The van der Waals surface area contributed by atoms with Crippen LogP contribution in [0.1, 0.15) is 5.56 Å². The quantitative estimate of drug-likeness (QED) is 0.159. The molecule has 0 radical (unpaired) electrons. The molecule has 0 aliphatic rings. The van der Waals surface area contributed by atoms with Crippen LogP contribution in [0.25, 0.3) is 11.1 Å². The van der Waals surface area contributed by atoms with E-state index >= 15 is 0 Å². The van der Waals surface area contributed by atoms with Gasteiger partial charge in [0.05, 0.1) is 11.8 Å².